The van der Waals surface area contributed by atoms with Crippen molar-refractivity contribution in [2.45, 2.75) is 25.7 Å². The van der Waals surface area contributed by atoms with Crippen molar-refractivity contribution in [3.8, 4) is 12.3 Å². The first-order valence-corrected chi connectivity index (χ1v) is 7.68. The molecule has 108 valence electrons. The maximum absolute atomic E-state index is 5.25. The van der Waals surface area contributed by atoms with Crippen molar-refractivity contribution in [1.29, 1.82) is 0 Å². The molecule has 3 nitrogen and oxygen atoms in total. The van der Waals surface area contributed by atoms with Crippen LogP contribution in [0.1, 0.15) is 24.1 Å². The van der Waals surface area contributed by atoms with E-state index >= 15 is 0 Å². The summed E-state index contributed by atoms with van der Waals surface area (Å²) in [6.07, 6.45) is 9.99. The fourth-order valence-corrected chi connectivity index (χ4v) is 3.01. The van der Waals surface area contributed by atoms with Gasteiger partial charge in [0.2, 0.25) is 0 Å². The summed E-state index contributed by atoms with van der Waals surface area (Å²) in [4.78, 5) is 4.85. The summed E-state index contributed by atoms with van der Waals surface area (Å²) in [6, 6.07) is 8.41. The standard InChI is InChI=1S/C18H21N3/c1-2-11-19-12-13-20-18-14-7-3-5-9-16(14)21-17-10-6-4-8-15(17)18/h1,3,5,7,9,19H,4,6,8,10-13H2,(H,20,21). The summed E-state index contributed by atoms with van der Waals surface area (Å²) < 4.78 is 0. The highest BCUT2D eigenvalue weighted by atomic mass is 14.9. The van der Waals surface area contributed by atoms with Gasteiger partial charge >= 0.3 is 0 Å². The van der Waals surface area contributed by atoms with Gasteiger partial charge in [-0.15, -0.1) is 6.42 Å². The summed E-state index contributed by atoms with van der Waals surface area (Å²) in [5, 5.41) is 8.05. The molecule has 2 N–H and O–H groups in total. The zero-order valence-electron chi connectivity index (χ0n) is 12.3. The van der Waals surface area contributed by atoms with E-state index in [1.807, 2.05) is 0 Å². The van der Waals surface area contributed by atoms with Crippen LogP contribution in [0, 0.1) is 12.3 Å². The Balaban J connectivity index is 1.89. The van der Waals surface area contributed by atoms with Crippen molar-refractivity contribution in [3.05, 3.63) is 35.5 Å². The number of terminal acetylenes is 1. The molecule has 1 aromatic carbocycles. The number of para-hydroxylation sites is 1. The number of anilines is 1. The van der Waals surface area contributed by atoms with Crippen LogP contribution in [0.3, 0.4) is 0 Å². The third-order valence-corrected chi connectivity index (χ3v) is 4.00. The fraction of sp³-hybridized carbons (Fsp3) is 0.389. The number of fused-ring (bicyclic) bond motifs is 2. The van der Waals surface area contributed by atoms with E-state index < -0.39 is 0 Å². The lowest BCUT2D eigenvalue weighted by atomic mass is 9.92. The Morgan fingerprint density at radius 2 is 2.00 bits per heavy atom. The maximum Gasteiger partial charge on any atom is 0.0726 e. The lowest BCUT2D eigenvalue weighted by molar-refractivity contribution is 0.671. The lowest BCUT2D eigenvalue weighted by Gasteiger charge is -2.21. The van der Waals surface area contributed by atoms with E-state index in [0.29, 0.717) is 6.54 Å². The number of nitrogens with one attached hydrogen (secondary N) is 2. The number of aryl methyl sites for hydroxylation is 1. The average Bonchev–Trinajstić information content (AvgIpc) is 2.53. The van der Waals surface area contributed by atoms with Gasteiger partial charge in [0, 0.05) is 29.9 Å². The minimum atomic E-state index is 0.622. The van der Waals surface area contributed by atoms with Crippen LogP contribution in [0.15, 0.2) is 24.3 Å². The van der Waals surface area contributed by atoms with Gasteiger partial charge in [0.15, 0.2) is 0 Å². The van der Waals surface area contributed by atoms with Gasteiger partial charge in [0.25, 0.3) is 0 Å². The van der Waals surface area contributed by atoms with Crippen LogP contribution in [0.2, 0.25) is 0 Å². The topological polar surface area (TPSA) is 37.0 Å². The summed E-state index contributed by atoms with van der Waals surface area (Å²) in [7, 11) is 0. The van der Waals surface area contributed by atoms with Crippen LogP contribution in [-0.2, 0) is 12.8 Å². The second kappa shape index (κ2) is 6.60. The van der Waals surface area contributed by atoms with Gasteiger partial charge in [0.1, 0.15) is 0 Å². The van der Waals surface area contributed by atoms with Gasteiger partial charge in [-0.2, -0.15) is 0 Å². The molecule has 2 aromatic rings. The number of hydrogen-bond acceptors (Lipinski definition) is 3. The highest BCUT2D eigenvalue weighted by Crippen LogP contribution is 2.32. The first-order chi connectivity index (χ1) is 10.4. The molecule has 0 saturated heterocycles. The molecule has 0 spiro atoms. The van der Waals surface area contributed by atoms with Gasteiger partial charge in [-0.1, -0.05) is 24.1 Å². The zero-order valence-corrected chi connectivity index (χ0v) is 12.3. The maximum atomic E-state index is 5.25. The van der Waals surface area contributed by atoms with Crippen molar-refractivity contribution in [2.75, 3.05) is 25.0 Å². The Hall–Kier alpha value is -2.05. The SMILES string of the molecule is C#CCNCCNc1c2c(nc3ccccc13)CCCC2. The molecular weight excluding hydrogens is 258 g/mol. The molecule has 0 amide bonds. The molecule has 0 bridgehead atoms. The number of pyridine rings is 1. The van der Waals surface area contributed by atoms with Crippen LogP contribution in [-0.4, -0.2) is 24.6 Å². The number of aromatic nitrogens is 1. The number of rotatable bonds is 5. The molecule has 21 heavy (non-hydrogen) atoms. The van der Waals surface area contributed by atoms with E-state index in [-0.39, 0.29) is 0 Å². The second-order valence-electron chi connectivity index (χ2n) is 5.44. The Labute approximate surface area is 126 Å². The van der Waals surface area contributed by atoms with Gasteiger partial charge in [-0.05, 0) is 37.3 Å². The van der Waals surface area contributed by atoms with Crippen molar-refractivity contribution in [3.63, 3.8) is 0 Å². The van der Waals surface area contributed by atoms with Gasteiger partial charge in [-0.3, -0.25) is 4.98 Å². The quantitative estimate of drug-likeness (QED) is 0.653. The third-order valence-electron chi connectivity index (χ3n) is 4.00. The molecule has 1 aliphatic carbocycles. The summed E-state index contributed by atoms with van der Waals surface area (Å²) >= 11 is 0. The number of hydrogen-bond donors (Lipinski definition) is 2. The van der Waals surface area contributed by atoms with Crippen LogP contribution >= 0.6 is 0 Å². The van der Waals surface area contributed by atoms with Crippen molar-refractivity contribution < 1.29 is 0 Å². The largest absolute Gasteiger partial charge is 0.383 e. The first-order valence-electron chi connectivity index (χ1n) is 7.68. The van der Waals surface area contributed by atoms with Crippen molar-refractivity contribution >= 4 is 16.6 Å². The van der Waals surface area contributed by atoms with E-state index in [1.165, 1.54) is 35.2 Å². The van der Waals surface area contributed by atoms with E-state index in [9.17, 15) is 0 Å². The van der Waals surface area contributed by atoms with E-state index in [0.717, 1.165) is 31.4 Å². The molecule has 0 aliphatic heterocycles. The molecule has 1 aromatic heterocycles. The molecule has 0 unspecified atom stereocenters. The van der Waals surface area contributed by atoms with Gasteiger partial charge in [0.05, 0.1) is 12.1 Å². The van der Waals surface area contributed by atoms with Gasteiger partial charge in [-0.25, -0.2) is 0 Å². The monoisotopic (exact) mass is 279 g/mol. The molecule has 0 atom stereocenters. The van der Waals surface area contributed by atoms with Crippen LogP contribution in [0.25, 0.3) is 10.9 Å². The molecular formula is C18H21N3. The van der Waals surface area contributed by atoms with Crippen molar-refractivity contribution in [2.24, 2.45) is 0 Å². The molecule has 0 saturated carbocycles. The van der Waals surface area contributed by atoms with E-state index in [1.54, 1.807) is 0 Å². The zero-order chi connectivity index (χ0) is 14.5. The first kappa shape index (κ1) is 13.9. The Morgan fingerprint density at radius 1 is 1.14 bits per heavy atom. The molecule has 0 radical (unpaired) electrons. The smallest absolute Gasteiger partial charge is 0.0726 e. The summed E-state index contributed by atoms with van der Waals surface area (Å²) in [5.41, 5.74) is 5.06. The molecule has 1 heterocycles. The van der Waals surface area contributed by atoms with E-state index in [4.69, 9.17) is 11.4 Å². The Morgan fingerprint density at radius 3 is 2.90 bits per heavy atom. The molecule has 0 fully saturated rings. The predicted molar refractivity (Wildman–Crippen MR) is 88.6 cm³/mol. The minimum Gasteiger partial charge on any atom is -0.383 e. The second-order valence-corrected chi connectivity index (χ2v) is 5.44. The van der Waals surface area contributed by atoms with E-state index in [2.05, 4.69) is 40.8 Å². The molecule has 3 heteroatoms. The molecule has 3 rings (SSSR count). The third kappa shape index (κ3) is 3.01. The van der Waals surface area contributed by atoms with Crippen LogP contribution in [0.5, 0.6) is 0 Å². The number of benzene rings is 1. The highest BCUT2D eigenvalue weighted by molar-refractivity contribution is 5.93. The summed E-state index contributed by atoms with van der Waals surface area (Å²) in [5.74, 6) is 2.60. The van der Waals surface area contributed by atoms with Crippen LogP contribution < -0.4 is 10.6 Å². The fourth-order valence-electron chi connectivity index (χ4n) is 3.01. The predicted octanol–water partition coefficient (Wildman–Crippen LogP) is 2.75. The molecule has 1 aliphatic rings. The van der Waals surface area contributed by atoms with Crippen LogP contribution in [0.4, 0.5) is 5.69 Å². The highest BCUT2D eigenvalue weighted by Gasteiger charge is 2.17. The van der Waals surface area contributed by atoms with Gasteiger partial charge < -0.3 is 10.6 Å². The Kier molecular flexibility index (Phi) is 4.37. The van der Waals surface area contributed by atoms with Crippen molar-refractivity contribution in [1.82, 2.24) is 10.3 Å². The Bertz CT molecular complexity index is 670. The summed E-state index contributed by atoms with van der Waals surface area (Å²) in [6.45, 7) is 2.37. The normalized spacial score (nSPS) is 13.7. The number of nitrogens with zero attached hydrogens (tertiary/aromatic N) is 1. The minimum absolute atomic E-state index is 0.622. The average molecular weight is 279 g/mol. The lowest BCUT2D eigenvalue weighted by Crippen LogP contribution is -2.23.